The van der Waals surface area contributed by atoms with E-state index in [2.05, 4.69) is 34.7 Å². The van der Waals surface area contributed by atoms with E-state index in [1.165, 1.54) is 23.1 Å². The maximum atomic E-state index is 5.63. The van der Waals surface area contributed by atoms with E-state index >= 15 is 0 Å². The Kier molecular flexibility index (Phi) is 4.11. The average molecular weight is 276 g/mol. The quantitative estimate of drug-likeness (QED) is 0.787. The van der Waals surface area contributed by atoms with Crippen molar-refractivity contribution in [3.05, 3.63) is 29.3 Å². The molecule has 1 aliphatic rings. The fourth-order valence-corrected chi connectivity index (χ4v) is 2.89. The molecule has 4 heteroatoms. The second kappa shape index (κ2) is 5.99. The van der Waals surface area contributed by atoms with Crippen LogP contribution in [-0.4, -0.2) is 24.7 Å². The van der Waals surface area contributed by atoms with Gasteiger partial charge in [0.25, 0.3) is 0 Å². The number of nitrogens with zero attached hydrogens (tertiary/aromatic N) is 1. The molecule has 3 rings (SSSR count). The Labute approximate surface area is 118 Å². The second-order valence-electron chi connectivity index (χ2n) is 5.27. The molecule has 102 valence electrons. The third kappa shape index (κ3) is 3.53. The maximum Gasteiger partial charge on any atom is 0.0809 e. The van der Waals surface area contributed by atoms with E-state index in [0.717, 1.165) is 31.2 Å². The van der Waals surface area contributed by atoms with Gasteiger partial charge in [-0.3, -0.25) is 4.98 Å². The highest BCUT2D eigenvalue weighted by atomic mass is 32.1. The Morgan fingerprint density at radius 1 is 1.53 bits per heavy atom. The molecule has 1 N–H and O–H groups in total. The van der Waals surface area contributed by atoms with E-state index in [0.29, 0.717) is 6.04 Å². The van der Waals surface area contributed by atoms with Gasteiger partial charge in [0, 0.05) is 25.4 Å². The second-order valence-corrected chi connectivity index (χ2v) is 6.21. The van der Waals surface area contributed by atoms with E-state index in [1.807, 2.05) is 6.20 Å². The summed E-state index contributed by atoms with van der Waals surface area (Å²) in [5.74, 6) is 0.850. The fourth-order valence-electron chi connectivity index (χ4n) is 2.10. The molecule has 2 heterocycles. The summed E-state index contributed by atoms with van der Waals surface area (Å²) in [7, 11) is 0. The molecule has 1 fully saturated rings. The van der Waals surface area contributed by atoms with Crippen LogP contribution in [0.1, 0.15) is 31.4 Å². The molecule has 2 aromatic rings. The maximum absolute atomic E-state index is 5.63. The van der Waals surface area contributed by atoms with Crippen molar-refractivity contribution in [1.29, 1.82) is 0 Å². The average Bonchev–Trinajstić information content (AvgIpc) is 3.13. The molecule has 0 aromatic carbocycles. The Hall–Kier alpha value is -0.970. The number of pyridine rings is 1. The number of hydrogen-bond donors (Lipinski definition) is 1. The molecule has 0 saturated heterocycles. The van der Waals surface area contributed by atoms with E-state index < -0.39 is 0 Å². The molecule has 1 atom stereocenters. The summed E-state index contributed by atoms with van der Waals surface area (Å²) >= 11 is 1.75. The van der Waals surface area contributed by atoms with Crippen LogP contribution in [0, 0.1) is 5.92 Å². The SMILES string of the molecule is CC(NCCOCC1CC1)c1cnc2ccsc2c1. The van der Waals surface area contributed by atoms with Crippen LogP contribution in [0.2, 0.25) is 0 Å². The number of hydrogen-bond acceptors (Lipinski definition) is 4. The molecule has 0 radical (unpaired) electrons. The van der Waals surface area contributed by atoms with E-state index in [4.69, 9.17) is 4.74 Å². The lowest BCUT2D eigenvalue weighted by atomic mass is 10.1. The first-order chi connectivity index (χ1) is 9.33. The topological polar surface area (TPSA) is 34.1 Å². The fraction of sp³-hybridized carbons (Fsp3) is 0.533. The van der Waals surface area contributed by atoms with Gasteiger partial charge in [0.15, 0.2) is 0 Å². The van der Waals surface area contributed by atoms with Crippen LogP contribution >= 0.6 is 11.3 Å². The van der Waals surface area contributed by atoms with Gasteiger partial charge in [-0.2, -0.15) is 0 Å². The number of ether oxygens (including phenoxy) is 1. The van der Waals surface area contributed by atoms with Crippen LogP contribution in [0.4, 0.5) is 0 Å². The van der Waals surface area contributed by atoms with Gasteiger partial charge in [0.05, 0.1) is 16.8 Å². The highest BCUT2D eigenvalue weighted by molar-refractivity contribution is 7.17. The molecule has 2 aromatic heterocycles. The number of nitrogens with one attached hydrogen (secondary N) is 1. The van der Waals surface area contributed by atoms with E-state index in [9.17, 15) is 0 Å². The minimum Gasteiger partial charge on any atom is -0.380 e. The van der Waals surface area contributed by atoms with Crippen molar-refractivity contribution in [2.24, 2.45) is 5.92 Å². The first-order valence-corrected chi connectivity index (χ1v) is 7.85. The third-order valence-corrected chi connectivity index (χ3v) is 4.42. The summed E-state index contributed by atoms with van der Waals surface area (Å²) in [6.45, 7) is 4.82. The van der Waals surface area contributed by atoms with Gasteiger partial charge in [0.2, 0.25) is 0 Å². The molecule has 1 unspecified atom stereocenters. The summed E-state index contributed by atoms with van der Waals surface area (Å²) in [4.78, 5) is 4.48. The monoisotopic (exact) mass is 276 g/mol. The summed E-state index contributed by atoms with van der Waals surface area (Å²) in [5, 5.41) is 5.58. The van der Waals surface area contributed by atoms with Crippen molar-refractivity contribution in [2.75, 3.05) is 19.8 Å². The van der Waals surface area contributed by atoms with E-state index in [-0.39, 0.29) is 0 Å². The summed E-state index contributed by atoms with van der Waals surface area (Å²) < 4.78 is 6.89. The molecule has 0 aliphatic heterocycles. The standard InChI is InChI=1S/C15H20N2OS/c1-11(16-5-6-18-10-12-2-3-12)13-8-15-14(17-9-13)4-7-19-15/h4,7-9,11-12,16H,2-3,5-6,10H2,1H3. The first kappa shape index (κ1) is 13.0. The van der Waals surface area contributed by atoms with Crippen LogP contribution < -0.4 is 5.32 Å². The lowest BCUT2D eigenvalue weighted by molar-refractivity contribution is 0.124. The van der Waals surface area contributed by atoms with Gasteiger partial charge in [-0.1, -0.05) is 0 Å². The first-order valence-electron chi connectivity index (χ1n) is 6.97. The predicted octanol–water partition coefficient (Wildman–Crippen LogP) is 3.37. The summed E-state index contributed by atoms with van der Waals surface area (Å²) in [6.07, 6.45) is 4.68. The highest BCUT2D eigenvalue weighted by Gasteiger charge is 2.20. The normalized spacial score (nSPS) is 16.9. The van der Waals surface area contributed by atoms with Gasteiger partial charge >= 0.3 is 0 Å². The van der Waals surface area contributed by atoms with Gasteiger partial charge in [-0.25, -0.2) is 0 Å². The molecule has 3 nitrogen and oxygen atoms in total. The van der Waals surface area contributed by atoms with Crippen molar-refractivity contribution in [2.45, 2.75) is 25.8 Å². The number of thiophene rings is 1. The molecule has 0 spiro atoms. The van der Waals surface area contributed by atoms with Crippen molar-refractivity contribution < 1.29 is 4.74 Å². The predicted molar refractivity (Wildman–Crippen MR) is 79.6 cm³/mol. The van der Waals surface area contributed by atoms with Crippen LogP contribution in [0.15, 0.2) is 23.7 Å². The smallest absolute Gasteiger partial charge is 0.0809 e. The Morgan fingerprint density at radius 2 is 2.42 bits per heavy atom. The Bertz CT molecular complexity index is 536. The molecule has 1 aliphatic carbocycles. The Balaban J connectivity index is 1.46. The number of fused-ring (bicyclic) bond motifs is 1. The molecule has 1 saturated carbocycles. The largest absolute Gasteiger partial charge is 0.380 e. The van der Waals surface area contributed by atoms with E-state index in [1.54, 1.807) is 11.3 Å². The number of rotatable bonds is 7. The van der Waals surface area contributed by atoms with Gasteiger partial charge in [-0.15, -0.1) is 11.3 Å². The van der Waals surface area contributed by atoms with Crippen molar-refractivity contribution in [3.63, 3.8) is 0 Å². The van der Waals surface area contributed by atoms with Gasteiger partial charge < -0.3 is 10.1 Å². The molecule has 0 amide bonds. The zero-order valence-electron chi connectivity index (χ0n) is 11.3. The lowest BCUT2D eigenvalue weighted by Crippen LogP contribution is -2.23. The summed E-state index contributed by atoms with van der Waals surface area (Å²) in [6, 6.07) is 4.62. The van der Waals surface area contributed by atoms with Crippen LogP contribution in [0.3, 0.4) is 0 Å². The zero-order valence-corrected chi connectivity index (χ0v) is 12.1. The lowest BCUT2D eigenvalue weighted by Gasteiger charge is -2.14. The molecule has 19 heavy (non-hydrogen) atoms. The van der Waals surface area contributed by atoms with Crippen LogP contribution in [-0.2, 0) is 4.74 Å². The van der Waals surface area contributed by atoms with Crippen molar-refractivity contribution in [3.8, 4) is 0 Å². The van der Waals surface area contributed by atoms with Gasteiger partial charge in [-0.05, 0) is 48.8 Å². The highest BCUT2D eigenvalue weighted by Crippen LogP contribution is 2.28. The van der Waals surface area contributed by atoms with Crippen LogP contribution in [0.5, 0.6) is 0 Å². The molecular weight excluding hydrogens is 256 g/mol. The van der Waals surface area contributed by atoms with Crippen molar-refractivity contribution >= 4 is 21.6 Å². The van der Waals surface area contributed by atoms with Crippen LogP contribution in [0.25, 0.3) is 10.2 Å². The zero-order chi connectivity index (χ0) is 13.1. The minimum absolute atomic E-state index is 0.323. The molecule has 0 bridgehead atoms. The third-order valence-electron chi connectivity index (χ3n) is 3.57. The molecular formula is C15H20N2OS. The minimum atomic E-state index is 0.323. The van der Waals surface area contributed by atoms with Gasteiger partial charge in [0.1, 0.15) is 0 Å². The number of aromatic nitrogens is 1. The Morgan fingerprint density at radius 3 is 3.26 bits per heavy atom. The summed E-state index contributed by atoms with van der Waals surface area (Å²) in [5.41, 5.74) is 2.34. The van der Waals surface area contributed by atoms with Crippen molar-refractivity contribution in [1.82, 2.24) is 10.3 Å².